The second-order valence-corrected chi connectivity index (χ2v) is 19.4. The fourth-order valence-corrected chi connectivity index (χ4v) is 9.02. The normalized spacial score (nSPS) is 28.3. The van der Waals surface area contributed by atoms with Crippen LogP contribution in [0.25, 0.3) is 0 Å². The monoisotopic (exact) mass is 971 g/mol. The number of carbonyl (C=O) groups is 2. The van der Waals surface area contributed by atoms with E-state index in [0.29, 0.717) is 12.8 Å². The number of hydrogen-bond acceptors (Lipinski definition) is 17. The van der Waals surface area contributed by atoms with E-state index in [1.165, 1.54) is 89.9 Å². The van der Waals surface area contributed by atoms with Gasteiger partial charge in [-0.15, -0.1) is 0 Å². The van der Waals surface area contributed by atoms with Crippen molar-refractivity contribution in [2.45, 2.75) is 254 Å². The maximum Gasteiger partial charge on any atom is 0.472 e. The lowest BCUT2D eigenvalue weighted by molar-refractivity contribution is -0.338. The minimum atomic E-state index is -5.37. The second kappa shape index (κ2) is 35.5. The van der Waals surface area contributed by atoms with Crippen LogP contribution >= 0.6 is 7.82 Å². The van der Waals surface area contributed by atoms with E-state index in [4.69, 9.17) is 28.0 Å². The Morgan fingerprint density at radius 3 is 1.52 bits per heavy atom. The number of allylic oxidation sites excluding steroid dienone is 2. The van der Waals surface area contributed by atoms with Gasteiger partial charge in [0, 0.05) is 12.8 Å². The van der Waals surface area contributed by atoms with Crippen LogP contribution in [0.4, 0.5) is 0 Å². The Kier molecular flexibility index (Phi) is 32.5. The zero-order valence-corrected chi connectivity index (χ0v) is 40.6. The molecule has 1 aliphatic carbocycles. The molecule has 0 radical (unpaired) electrons. The van der Waals surface area contributed by atoms with Crippen molar-refractivity contribution >= 4 is 19.8 Å². The van der Waals surface area contributed by atoms with Gasteiger partial charge in [-0.05, 0) is 38.5 Å². The molecule has 2 fully saturated rings. The van der Waals surface area contributed by atoms with Gasteiger partial charge in [0.15, 0.2) is 12.4 Å². The van der Waals surface area contributed by atoms with Crippen LogP contribution < -0.4 is 0 Å². The number of phosphoric ester groups is 1. The Balaban J connectivity index is 1.96. The molecule has 2 aliphatic rings. The summed E-state index contributed by atoms with van der Waals surface area (Å²) in [5.41, 5.74) is 0. The molecule has 1 aliphatic heterocycles. The zero-order valence-electron chi connectivity index (χ0n) is 39.7. The van der Waals surface area contributed by atoms with E-state index in [-0.39, 0.29) is 12.8 Å². The first-order valence-corrected chi connectivity index (χ1v) is 26.5. The first kappa shape index (κ1) is 60.5. The van der Waals surface area contributed by atoms with E-state index in [1.807, 2.05) is 0 Å². The third-order valence-electron chi connectivity index (χ3n) is 12.2. The predicted molar refractivity (Wildman–Crippen MR) is 245 cm³/mol. The molecule has 1 saturated carbocycles. The molecule has 18 nitrogen and oxygen atoms in total. The average Bonchev–Trinajstić information content (AvgIpc) is 3.29. The van der Waals surface area contributed by atoms with Gasteiger partial charge in [-0.1, -0.05) is 142 Å². The van der Waals surface area contributed by atoms with Gasteiger partial charge < -0.3 is 64.7 Å². The van der Waals surface area contributed by atoms with Gasteiger partial charge in [-0.25, -0.2) is 4.57 Å². The maximum absolute atomic E-state index is 13.4. The van der Waals surface area contributed by atoms with Gasteiger partial charge in [0.2, 0.25) is 0 Å². The Hall–Kier alpha value is -1.61. The molecule has 0 bridgehead atoms. The van der Waals surface area contributed by atoms with E-state index in [0.717, 1.165) is 51.4 Å². The van der Waals surface area contributed by atoms with Crippen molar-refractivity contribution in [2.75, 3.05) is 19.8 Å². The van der Waals surface area contributed by atoms with E-state index in [1.54, 1.807) is 0 Å². The van der Waals surface area contributed by atoms with Crippen LogP contribution in [0.5, 0.6) is 0 Å². The SMILES string of the molecule is CCCCCCCCCC=CCCCCCC(=O)OCC(COP(=O)(O)OC1C(O)C(O)C(O)C(O)C1OC1OC(CO)C(O)C(O)C1O)OC(=O)CCCCCCCCCCCCCC. The van der Waals surface area contributed by atoms with Crippen LogP contribution in [0.2, 0.25) is 0 Å². The minimum absolute atomic E-state index is 0.0337. The Bertz CT molecular complexity index is 1340. The second-order valence-electron chi connectivity index (χ2n) is 18.0. The summed E-state index contributed by atoms with van der Waals surface area (Å²) in [5.74, 6) is -1.23. The summed E-state index contributed by atoms with van der Waals surface area (Å²) < 4.78 is 45.4. The van der Waals surface area contributed by atoms with Crippen molar-refractivity contribution in [3.63, 3.8) is 0 Å². The molecule has 0 spiro atoms. The van der Waals surface area contributed by atoms with E-state index < -0.39 is 113 Å². The predicted octanol–water partition coefficient (Wildman–Crippen LogP) is 5.32. The first-order chi connectivity index (χ1) is 31.7. The number of unbranched alkanes of at least 4 members (excludes halogenated alkanes) is 21. The number of aliphatic hydroxyl groups excluding tert-OH is 8. The number of aliphatic hydroxyl groups is 8. The summed E-state index contributed by atoms with van der Waals surface area (Å²) in [4.78, 5) is 36.5. The van der Waals surface area contributed by atoms with Gasteiger partial charge in [-0.2, -0.15) is 0 Å². The molecule has 0 aromatic carbocycles. The Labute approximate surface area is 393 Å². The molecular formula is C47H87O18P. The van der Waals surface area contributed by atoms with Crippen molar-refractivity contribution in [3.8, 4) is 0 Å². The summed E-state index contributed by atoms with van der Waals surface area (Å²) in [6, 6.07) is 0. The Morgan fingerprint density at radius 2 is 1.00 bits per heavy atom. The van der Waals surface area contributed by atoms with E-state index in [2.05, 4.69) is 26.0 Å². The highest BCUT2D eigenvalue weighted by Gasteiger charge is 2.55. The fourth-order valence-electron chi connectivity index (χ4n) is 8.05. The van der Waals surface area contributed by atoms with Crippen molar-refractivity contribution in [1.82, 2.24) is 0 Å². The summed E-state index contributed by atoms with van der Waals surface area (Å²) in [7, 11) is -5.37. The number of ether oxygens (including phenoxy) is 4. The van der Waals surface area contributed by atoms with Crippen molar-refractivity contribution in [1.29, 1.82) is 0 Å². The largest absolute Gasteiger partial charge is 0.472 e. The zero-order chi connectivity index (χ0) is 48.7. The van der Waals surface area contributed by atoms with Gasteiger partial charge in [0.05, 0.1) is 13.2 Å². The molecule has 13 atom stereocenters. The van der Waals surface area contributed by atoms with Gasteiger partial charge in [-0.3, -0.25) is 18.6 Å². The molecule has 13 unspecified atom stereocenters. The number of carbonyl (C=O) groups excluding carboxylic acids is 2. The van der Waals surface area contributed by atoms with Gasteiger partial charge in [0.25, 0.3) is 0 Å². The number of esters is 2. The first-order valence-electron chi connectivity index (χ1n) is 25.0. The number of phosphoric acid groups is 1. The van der Waals surface area contributed by atoms with Crippen LogP contribution in [0, 0.1) is 0 Å². The summed E-state index contributed by atoms with van der Waals surface area (Å²) in [5, 5.41) is 82.9. The average molecular weight is 971 g/mol. The molecular weight excluding hydrogens is 883 g/mol. The van der Waals surface area contributed by atoms with Gasteiger partial charge in [0.1, 0.15) is 67.6 Å². The summed E-state index contributed by atoms with van der Waals surface area (Å²) in [6.07, 6.45) is 7.34. The molecule has 19 heteroatoms. The van der Waals surface area contributed by atoms with Crippen LogP contribution in [-0.4, -0.2) is 151 Å². The highest BCUT2D eigenvalue weighted by Crippen LogP contribution is 2.48. The van der Waals surface area contributed by atoms with Crippen molar-refractivity contribution in [3.05, 3.63) is 12.2 Å². The third-order valence-corrected chi connectivity index (χ3v) is 13.2. The maximum atomic E-state index is 13.4. The highest BCUT2D eigenvalue weighted by molar-refractivity contribution is 7.47. The van der Waals surface area contributed by atoms with Crippen LogP contribution in [0.3, 0.4) is 0 Å². The van der Waals surface area contributed by atoms with Crippen molar-refractivity contribution in [2.24, 2.45) is 0 Å². The summed E-state index contributed by atoms with van der Waals surface area (Å²) in [6.45, 7) is 2.20. The molecule has 1 saturated heterocycles. The highest BCUT2D eigenvalue weighted by atomic mass is 31.2. The molecule has 0 aromatic rings. The molecule has 388 valence electrons. The van der Waals surface area contributed by atoms with Crippen molar-refractivity contribution < 1.29 is 87.9 Å². The lowest BCUT2D eigenvalue weighted by Crippen LogP contribution is -2.67. The molecule has 2 rings (SSSR count). The van der Waals surface area contributed by atoms with Crippen LogP contribution in [0.15, 0.2) is 12.2 Å². The van der Waals surface area contributed by atoms with E-state index >= 15 is 0 Å². The fraction of sp³-hybridized carbons (Fsp3) is 0.915. The molecule has 9 N–H and O–H groups in total. The standard InChI is InChI=1S/C47H87O18P/c1-3-5-7-9-11-13-15-17-18-20-21-23-25-27-29-36(49)60-32-34(62-37(50)30-28-26-24-22-19-16-14-12-10-8-6-4-2)33-61-66(58,59)65-46-43(56)41(54)40(53)42(55)45(46)64-47-44(57)39(52)38(51)35(31-48)63-47/h18,20,34-35,38-48,51-57H,3-17,19,21-33H2,1-2H3,(H,58,59). The third kappa shape index (κ3) is 24.3. The number of hydrogen-bond donors (Lipinski definition) is 9. The lowest BCUT2D eigenvalue weighted by atomic mass is 9.84. The minimum Gasteiger partial charge on any atom is -0.462 e. The van der Waals surface area contributed by atoms with E-state index in [9.17, 15) is 59.9 Å². The van der Waals surface area contributed by atoms with Crippen LogP contribution in [-0.2, 0) is 42.1 Å². The number of rotatable bonds is 38. The smallest absolute Gasteiger partial charge is 0.462 e. The van der Waals surface area contributed by atoms with Crippen LogP contribution in [0.1, 0.15) is 181 Å². The lowest BCUT2D eigenvalue weighted by Gasteiger charge is -2.47. The molecule has 0 amide bonds. The molecule has 1 heterocycles. The topological polar surface area (TPSA) is 289 Å². The van der Waals surface area contributed by atoms with Gasteiger partial charge >= 0.3 is 19.8 Å². The molecule has 66 heavy (non-hydrogen) atoms. The quantitative estimate of drug-likeness (QED) is 0.0164. The molecule has 0 aromatic heterocycles. The Morgan fingerprint density at radius 1 is 0.561 bits per heavy atom. The summed E-state index contributed by atoms with van der Waals surface area (Å²) >= 11 is 0.